The molecule has 1 N–H and O–H groups in total. The topological polar surface area (TPSA) is 87.2 Å². The second kappa shape index (κ2) is 6.33. The molecule has 0 aromatic carbocycles. The highest BCUT2D eigenvalue weighted by Gasteiger charge is 2.55. The third kappa shape index (κ3) is 4.33. The summed E-state index contributed by atoms with van der Waals surface area (Å²) in [5, 5.41) is 8.76. The zero-order valence-corrected chi connectivity index (χ0v) is 14.4. The number of rotatable bonds is 4. The normalized spacial score (nSPS) is 18.2. The first-order chi connectivity index (χ1) is 10.3. The van der Waals surface area contributed by atoms with Crippen molar-refractivity contribution in [1.82, 2.24) is 9.80 Å². The number of carbonyl (C=O) groups is 3. The third-order valence-electron chi connectivity index (χ3n) is 3.55. The number of likely N-dealkylation sites (tertiary alicyclic amines) is 1. The van der Waals surface area contributed by atoms with Crippen LogP contribution in [0.5, 0.6) is 0 Å². The smallest absolute Gasteiger partial charge is 0.407 e. The number of carboxylic acid groups (broad SMARTS) is 1. The van der Waals surface area contributed by atoms with Crippen molar-refractivity contribution < 1.29 is 28.6 Å². The minimum Gasteiger partial charge on any atom is -0.465 e. The lowest BCUT2D eigenvalue weighted by Crippen LogP contribution is -2.68. The van der Waals surface area contributed by atoms with Gasteiger partial charge in [0.2, 0.25) is 5.67 Å². The molecule has 0 radical (unpaired) electrons. The number of hydrogen-bond donors (Lipinski definition) is 1. The first kappa shape index (κ1) is 19.2. The molecule has 0 aromatic heterocycles. The Balaban J connectivity index is 2.86. The maximum Gasteiger partial charge on any atom is 0.407 e. The molecule has 0 bridgehead atoms. The van der Waals surface area contributed by atoms with Gasteiger partial charge in [-0.2, -0.15) is 0 Å². The van der Waals surface area contributed by atoms with E-state index in [2.05, 4.69) is 0 Å². The van der Waals surface area contributed by atoms with Crippen LogP contribution in [0, 0.1) is 5.92 Å². The minimum atomic E-state index is -2.29. The molecule has 1 fully saturated rings. The Kier molecular flexibility index (Phi) is 5.28. The van der Waals surface area contributed by atoms with Gasteiger partial charge >= 0.3 is 12.1 Å². The van der Waals surface area contributed by atoms with Gasteiger partial charge in [-0.3, -0.25) is 4.79 Å². The van der Waals surface area contributed by atoms with E-state index < -0.39 is 48.4 Å². The Morgan fingerprint density at radius 2 is 1.74 bits per heavy atom. The Labute approximate surface area is 135 Å². The van der Waals surface area contributed by atoms with Gasteiger partial charge in [0.1, 0.15) is 11.6 Å². The van der Waals surface area contributed by atoms with E-state index in [-0.39, 0.29) is 5.92 Å². The van der Waals surface area contributed by atoms with Crippen LogP contribution in [0.2, 0.25) is 0 Å². The monoisotopic (exact) mass is 332 g/mol. The van der Waals surface area contributed by atoms with E-state index >= 15 is 0 Å². The number of carbonyl (C=O) groups excluding carboxylic acids is 2. The van der Waals surface area contributed by atoms with E-state index in [0.717, 1.165) is 9.80 Å². The number of esters is 1. The van der Waals surface area contributed by atoms with Gasteiger partial charge in [0.25, 0.3) is 5.91 Å². The van der Waals surface area contributed by atoms with Gasteiger partial charge in [0.15, 0.2) is 0 Å². The maximum absolute atomic E-state index is 14.5. The molecule has 1 aliphatic heterocycles. The van der Waals surface area contributed by atoms with Gasteiger partial charge < -0.3 is 19.6 Å². The summed E-state index contributed by atoms with van der Waals surface area (Å²) in [7, 11) is 1.33. The number of likely N-dealkylation sites (N-methyl/N-ethyl adjacent to an activating group) is 1. The van der Waals surface area contributed by atoms with Gasteiger partial charge in [-0.05, 0) is 26.7 Å². The molecular weight excluding hydrogens is 307 g/mol. The molecule has 0 aliphatic carbocycles. The molecule has 0 unspecified atom stereocenters. The Morgan fingerprint density at radius 1 is 1.26 bits per heavy atom. The SMILES string of the molecule is CC(C)[C@@H](C(=O)OC(C)(C)C)N(C)C(=O)C1(F)CN(C(=O)O)C1. The fourth-order valence-electron chi connectivity index (χ4n) is 2.51. The molecular formula is C15H25FN2O5. The summed E-state index contributed by atoms with van der Waals surface area (Å²) in [4.78, 5) is 37.2. The van der Waals surface area contributed by atoms with E-state index in [1.54, 1.807) is 34.6 Å². The van der Waals surface area contributed by atoms with Crippen molar-refractivity contribution in [2.24, 2.45) is 5.92 Å². The summed E-state index contributed by atoms with van der Waals surface area (Å²) in [5.41, 5.74) is -3.01. The molecule has 23 heavy (non-hydrogen) atoms. The molecule has 1 saturated heterocycles. The highest BCUT2D eigenvalue weighted by atomic mass is 19.1. The summed E-state index contributed by atoms with van der Waals surface area (Å²) in [6.45, 7) is 7.53. The standard InChI is InChI=1S/C15H25FN2O5/c1-9(2)10(11(19)23-14(3,4)5)17(6)12(20)15(16)7-18(8-15)13(21)22/h9-10H,7-8H2,1-6H3,(H,21,22)/t10-/m0/s1. The minimum absolute atomic E-state index is 0.280. The van der Waals surface area contributed by atoms with Crippen molar-refractivity contribution in [2.75, 3.05) is 20.1 Å². The third-order valence-corrected chi connectivity index (χ3v) is 3.55. The molecule has 1 atom stereocenters. The van der Waals surface area contributed by atoms with Crippen LogP contribution in [0.1, 0.15) is 34.6 Å². The van der Waals surface area contributed by atoms with Gasteiger partial charge in [-0.1, -0.05) is 13.8 Å². The number of ether oxygens (including phenoxy) is 1. The average molecular weight is 332 g/mol. The molecule has 132 valence electrons. The quantitative estimate of drug-likeness (QED) is 0.789. The fourth-order valence-corrected chi connectivity index (χ4v) is 2.51. The molecule has 0 saturated carbocycles. The maximum atomic E-state index is 14.5. The number of alkyl halides is 1. The number of nitrogens with zero attached hydrogens (tertiary/aromatic N) is 2. The molecule has 1 heterocycles. The van der Waals surface area contributed by atoms with Crippen molar-refractivity contribution in [3.05, 3.63) is 0 Å². The van der Waals surface area contributed by atoms with Crippen LogP contribution in [0.25, 0.3) is 0 Å². The number of hydrogen-bond acceptors (Lipinski definition) is 4. The van der Waals surface area contributed by atoms with E-state index in [0.29, 0.717) is 0 Å². The predicted molar refractivity (Wildman–Crippen MR) is 80.7 cm³/mol. The van der Waals surface area contributed by atoms with Crippen molar-refractivity contribution in [3.63, 3.8) is 0 Å². The van der Waals surface area contributed by atoms with E-state index in [4.69, 9.17) is 9.84 Å². The van der Waals surface area contributed by atoms with E-state index in [9.17, 15) is 18.8 Å². The van der Waals surface area contributed by atoms with Crippen molar-refractivity contribution in [1.29, 1.82) is 0 Å². The Hall–Kier alpha value is -1.86. The van der Waals surface area contributed by atoms with Gasteiger partial charge in [0.05, 0.1) is 13.1 Å². The molecule has 7 nitrogen and oxygen atoms in total. The van der Waals surface area contributed by atoms with Crippen LogP contribution in [0.4, 0.5) is 9.18 Å². The van der Waals surface area contributed by atoms with E-state index in [1.807, 2.05) is 0 Å². The van der Waals surface area contributed by atoms with Crippen LogP contribution >= 0.6 is 0 Å². The van der Waals surface area contributed by atoms with Gasteiger partial charge in [0, 0.05) is 7.05 Å². The predicted octanol–water partition coefficient (Wildman–Crippen LogP) is 1.51. The zero-order valence-electron chi connectivity index (χ0n) is 14.4. The number of amides is 2. The largest absolute Gasteiger partial charge is 0.465 e. The summed E-state index contributed by atoms with van der Waals surface area (Å²) < 4.78 is 19.8. The first-order valence-electron chi connectivity index (χ1n) is 7.45. The molecule has 0 spiro atoms. The lowest BCUT2D eigenvalue weighted by molar-refractivity contribution is -0.172. The highest BCUT2D eigenvalue weighted by Crippen LogP contribution is 2.29. The Morgan fingerprint density at radius 3 is 2.09 bits per heavy atom. The molecule has 0 aromatic rings. The lowest BCUT2D eigenvalue weighted by Gasteiger charge is -2.44. The first-order valence-corrected chi connectivity index (χ1v) is 7.45. The summed E-state index contributed by atoms with van der Waals surface area (Å²) in [5.74, 6) is -1.79. The van der Waals surface area contributed by atoms with Gasteiger partial charge in [-0.15, -0.1) is 0 Å². The highest BCUT2D eigenvalue weighted by molar-refractivity contribution is 5.92. The van der Waals surface area contributed by atoms with Crippen LogP contribution in [0.15, 0.2) is 0 Å². The zero-order chi connectivity index (χ0) is 18.2. The second-order valence-corrected chi connectivity index (χ2v) is 7.24. The number of halogens is 1. The second-order valence-electron chi connectivity index (χ2n) is 7.24. The van der Waals surface area contributed by atoms with Crippen molar-refractivity contribution >= 4 is 18.0 Å². The molecule has 8 heteroatoms. The summed E-state index contributed by atoms with van der Waals surface area (Å²) in [6, 6.07) is -0.937. The molecule has 2 amide bonds. The van der Waals surface area contributed by atoms with Crippen molar-refractivity contribution in [2.45, 2.75) is 51.9 Å². The van der Waals surface area contributed by atoms with Gasteiger partial charge in [-0.25, -0.2) is 14.0 Å². The Bertz CT molecular complexity index is 495. The molecule has 1 rings (SSSR count). The lowest BCUT2D eigenvalue weighted by atomic mass is 9.93. The van der Waals surface area contributed by atoms with Crippen molar-refractivity contribution in [3.8, 4) is 0 Å². The summed E-state index contributed by atoms with van der Waals surface area (Å²) >= 11 is 0. The summed E-state index contributed by atoms with van der Waals surface area (Å²) in [6.07, 6.45) is -1.28. The average Bonchev–Trinajstić information content (AvgIpc) is 2.30. The van der Waals surface area contributed by atoms with Crippen LogP contribution in [0.3, 0.4) is 0 Å². The van der Waals surface area contributed by atoms with Crippen LogP contribution < -0.4 is 0 Å². The van der Waals surface area contributed by atoms with Crippen LogP contribution in [-0.4, -0.2) is 70.3 Å². The fraction of sp³-hybridized carbons (Fsp3) is 0.800. The molecule has 1 aliphatic rings. The van der Waals surface area contributed by atoms with E-state index in [1.165, 1.54) is 7.05 Å². The van der Waals surface area contributed by atoms with Crippen LogP contribution in [-0.2, 0) is 14.3 Å².